The molecule has 0 fully saturated rings. The first-order valence-electron chi connectivity index (χ1n) is 6.54. The number of benzene rings is 1. The molecule has 2 aromatic rings. The Morgan fingerprint density at radius 3 is 2.90 bits per heavy atom. The molecule has 2 rings (SSSR count). The Morgan fingerprint density at radius 1 is 1.35 bits per heavy atom. The van der Waals surface area contributed by atoms with Gasteiger partial charge < -0.3 is 15.8 Å². The zero-order chi connectivity index (χ0) is 14.4. The highest BCUT2D eigenvalue weighted by Crippen LogP contribution is 2.19. The number of nitrogen functional groups attached to an aromatic ring is 1. The van der Waals surface area contributed by atoms with Crippen molar-refractivity contribution in [3.63, 3.8) is 0 Å². The van der Waals surface area contributed by atoms with Crippen LogP contribution in [0.3, 0.4) is 0 Å². The Hall–Kier alpha value is -2.01. The van der Waals surface area contributed by atoms with Crippen molar-refractivity contribution < 1.29 is 9.53 Å². The molecule has 0 saturated heterocycles. The minimum atomic E-state index is -0.0403. The molecule has 0 aliphatic rings. The van der Waals surface area contributed by atoms with Crippen molar-refractivity contribution in [3.8, 4) is 5.75 Å². The second-order valence-electron chi connectivity index (χ2n) is 4.27. The van der Waals surface area contributed by atoms with E-state index in [9.17, 15) is 4.79 Å². The van der Waals surface area contributed by atoms with Crippen LogP contribution in [0.1, 0.15) is 22.2 Å². The Morgan fingerprint density at radius 2 is 2.15 bits per heavy atom. The quantitative estimate of drug-likeness (QED) is 0.635. The molecule has 1 aromatic carbocycles. The molecule has 0 saturated carbocycles. The molecule has 1 heterocycles. The number of aryl methyl sites for hydroxylation is 1. The second-order valence-corrected chi connectivity index (χ2v) is 5.19. The molecular weight excluding hydrogens is 272 g/mol. The number of nitrogens with one attached hydrogen (secondary N) is 1. The molecule has 5 heteroatoms. The van der Waals surface area contributed by atoms with E-state index >= 15 is 0 Å². The molecule has 106 valence electrons. The van der Waals surface area contributed by atoms with Crippen LogP contribution in [0.15, 0.2) is 35.7 Å². The monoisotopic (exact) mass is 290 g/mol. The van der Waals surface area contributed by atoms with Gasteiger partial charge in [-0.1, -0.05) is 19.1 Å². The standard InChI is InChI=1S/C15H18N2O2S/c1-2-11-7-10-20-14(11)15(18)17-8-9-19-13-6-4-3-5-12(13)16/h3-7,10H,2,8-9,16H2,1H3,(H,17,18). The molecule has 0 unspecified atom stereocenters. The van der Waals surface area contributed by atoms with Gasteiger partial charge >= 0.3 is 0 Å². The number of hydrogen-bond donors (Lipinski definition) is 2. The number of hydrogen-bond acceptors (Lipinski definition) is 4. The number of anilines is 1. The number of para-hydroxylation sites is 2. The molecule has 0 atom stereocenters. The summed E-state index contributed by atoms with van der Waals surface area (Å²) in [6.45, 7) is 2.89. The SMILES string of the molecule is CCc1ccsc1C(=O)NCCOc1ccccc1N. The van der Waals surface area contributed by atoms with Crippen LogP contribution in [0.25, 0.3) is 0 Å². The molecule has 4 nitrogen and oxygen atoms in total. The van der Waals surface area contributed by atoms with Crippen molar-refractivity contribution in [1.82, 2.24) is 5.32 Å². The average molecular weight is 290 g/mol. The van der Waals surface area contributed by atoms with Gasteiger partial charge in [0.1, 0.15) is 12.4 Å². The summed E-state index contributed by atoms with van der Waals surface area (Å²) in [6.07, 6.45) is 0.864. The van der Waals surface area contributed by atoms with Crippen molar-refractivity contribution in [3.05, 3.63) is 46.2 Å². The van der Waals surface area contributed by atoms with Crippen molar-refractivity contribution >= 4 is 22.9 Å². The minimum Gasteiger partial charge on any atom is -0.490 e. The molecule has 0 bridgehead atoms. The second kappa shape index (κ2) is 6.96. The maximum absolute atomic E-state index is 12.0. The smallest absolute Gasteiger partial charge is 0.261 e. The molecule has 0 radical (unpaired) electrons. The normalized spacial score (nSPS) is 10.2. The van der Waals surface area contributed by atoms with E-state index in [4.69, 9.17) is 10.5 Å². The number of thiophene rings is 1. The number of carbonyl (C=O) groups excluding carboxylic acids is 1. The first-order chi connectivity index (χ1) is 9.72. The van der Waals surface area contributed by atoms with Gasteiger partial charge in [0.25, 0.3) is 5.91 Å². The molecule has 0 aliphatic carbocycles. The van der Waals surface area contributed by atoms with E-state index in [0.717, 1.165) is 16.9 Å². The van der Waals surface area contributed by atoms with Crippen LogP contribution in [0.2, 0.25) is 0 Å². The number of carbonyl (C=O) groups is 1. The lowest BCUT2D eigenvalue weighted by atomic mass is 10.2. The zero-order valence-electron chi connectivity index (χ0n) is 11.4. The van der Waals surface area contributed by atoms with Gasteiger partial charge in [0.15, 0.2) is 0 Å². The Bertz CT molecular complexity index is 581. The van der Waals surface area contributed by atoms with Crippen LogP contribution < -0.4 is 15.8 Å². The van der Waals surface area contributed by atoms with Crippen LogP contribution >= 0.6 is 11.3 Å². The van der Waals surface area contributed by atoms with E-state index in [2.05, 4.69) is 5.32 Å². The molecule has 20 heavy (non-hydrogen) atoms. The van der Waals surface area contributed by atoms with E-state index in [1.165, 1.54) is 11.3 Å². The molecule has 3 N–H and O–H groups in total. The molecule has 1 amide bonds. The Balaban J connectivity index is 1.79. The van der Waals surface area contributed by atoms with E-state index in [1.807, 2.05) is 36.6 Å². The fourth-order valence-electron chi connectivity index (χ4n) is 1.83. The lowest BCUT2D eigenvalue weighted by molar-refractivity contribution is 0.0950. The van der Waals surface area contributed by atoms with Gasteiger partial charge in [-0.15, -0.1) is 11.3 Å². The van der Waals surface area contributed by atoms with Gasteiger partial charge in [0.05, 0.1) is 17.1 Å². The van der Waals surface area contributed by atoms with E-state index in [0.29, 0.717) is 24.6 Å². The first kappa shape index (κ1) is 14.4. The molecular formula is C15H18N2O2S. The number of rotatable bonds is 6. The highest BCUT2D eigenvalue weighted by atomic mass is 32.1. The summed E-state index contributed by atoms with van der Waals surface area (Å²) in [7, 11) is 0. The lowest BCUT2D eigenvalue weighted by Crippen LogP contribution is -2.28. The highest BCUT2D eigenvalue weighted by Gasteiger charge is 2.11. The third-order valence-corrected chi connectivity index (χ3v) is 3.85. The summed E-state index contributed by atoms with van der Waals surface area (Å²) in [5.41, 5.74) is 7.45. The summed E-state index contributed by atoms with van der Waals surface area (Å²) in [5, 5.41) is 4.79. The van der Waals surface area contributed by atoms with Crippen LogP contribution in [-0.2, 0) is 6.42 Å². The number of ether oxygens (including phenoxy) is 1. The third-order valence-electron chi connectivity index (χ3n) is 2.90. The largest absolute Gasteiger partial charge is 0.490 e. The van der Waals surface area contributed by atoms with Gasteiger partial charge in [-0.2, -0.15) is 0 Å². The van der Waals surface area contributed by atoms with Crippen LogP contribution in [0.5, 0.6) is 5.75 Å². The predicted octanol–water partition coefficient (Wildman–Crippen LogP) is 2.70. The zero-order valence-corrected chi connectivity index (χ0v) is 12.2. The summed E-state index contributed by atoms with van der Waals surface area (Å²) >= 11 is 1.47. The Labute approximate surface area is 122 Å². The van der Waals surface area contributed by atoms with E-state index < -0.39 is 0 Å². The van der Waals surface area contributed by atoms with E-state index in [1.54, 1.807) is 6.07 Å². The van der Waals surface area contributed by atoms with Crippen LogP contribution in [-0.4, -0.2) is 19.1 Å². The van der Waals surface area contributed by atoms with Crippen molar-refractivity contribution in [2.45, 2.75) is 13.3 Å². The summed E-state index contributed by atoms with van der Waals surface area (Å²) in [5.74, 6) is 0.605. The van der Waals surface area contributed by atoms with Gasteiger partial charge in [-0.05, 0) is 35.6 Å². The summed E-state index contributed by atoms with van der Waals surface area (Å²) < 4.78 is 5.52. The van der Waals surface area contributed by atoms with E-state index in [-0.39, 0.29) is 5.91 Å². The topological polar surface area (TPSA) is 64.3 Å². The maximum Gasteiger partial charge on any atom is 0.261 e. The predicted molar refractivity (Wildman–Crippen MR) is 82.4 cm³/mol. The van der Waals surface area contributed by atoms with Crippen molar-refractivity contribution in [2.75, 3.05) is 18.9 Å². The van der Waals surface area contributed by atoms with Gasteiger partial charge in [-0.25, -0.2) is 0 Å². The third kappa shape index (κ3) is 3.51. The highest BCUT2D eigenvalue weighted by molar-refractivity contribution is 7.12. The summed E-state index contributed by atoms with van der Waals surface area (Å²) in [6, 6.07) is 9.30. The van der Waals surface area contributed by atoms with Crippen LogP contribution in [0, 0.1) is 0 Å². The molecule has 0 aliphatic heterocycles. The van der Waals surface area contributed by atoms with Crippen molar-refractivity contribution in [2.24, 2.45) is 0 Å². The summed E-state index contributed by atoms with van der Waals surface area (Å²) in [4.78, 5) is 12.8. The lowest BCUT2D eigenvalue weighted by Gasteiger charge is -2.09. The maximum atomic E-state index is 12.0. The van der Waals surface area contributed by atoms with Crippen molar-refractivity contribution in [1.29, 1.82) is 0 Å². The van der Waals surface area contributed by atoms with Crippen LogP contribution in [0.4, 0.5) is 5.69 Å². The first-order valence-corrected chi connectivity index (χ1v) is 7.42. The average Bonchev–Trinajstić information content (AvgIpc) is 2.93. The van der Waals surface area contributed by atoms with Gasteiger partial charge in [0.2, 0.25) is 0 Å². The minimum absolute atomic E-state index is 0.0403. The fraction of sp³-hybridized carbons (Fsp3) is 0.267. The Kier molecular flexibility index (Phi) is 5.01. The molecule has 1 aromatic heterocycles. The number of amides is 1. The van der Waals surface area contributed by atoms with Gasteiger partial charge in [-0.3, -0.25) is 4.79 Å². The fourth-order valence-corrected chi connectivity index (χ4v) is 2.74. The van der Waals surface area contributed by atoms with Gasteiger partial charge in [0, 0.05) is 0 Å². The molecule has 0 spiro atoms. The number of nitrogens with two attached hydrogens (primary N) is 1.